The normalized spacial score (nSPS) is 21.5. The number of fused-ring (bicyclic) bond motifs is 1. The lowest BCUT2D eigenvalue weighted by molar-refractivity contribution is 0.0499. The predicted octanol–water partition coefficient (Wildman–Crippen LogP) is 4.32. The maximum absolute atomic E-state index is 5.92. The van der Waals surface area contributed by atoms with Gasteiger partial charge in [0.1, 0.15) is 0 Å². The number of hydrogen-bond donors (Lipinski definition) is 1. The standard InChI is InChI=1S/C17H19NO/c1-2-19-17-12-16(13-8-4-3-5-9-13)18-15-11-7-6-10-14(15)17/h3-11,16-18H,2,12H2,1H3/t16-,17-/m0/s1. The molecule has 2 aromatic rings. The average molecular weight is 253 g/mol. The van der Waals surface area contributed by atoms with Crippen LogP contribution in [0.15, 0.2) is 54.6 Å². The summed E-state index contributed by atoms with van der Waals surface area (Å²) in [5, 5.41) is 3.62. The third kappa shape index (κ3) is 2.49. The van der Waals surface area contributed by atoms with Gasteiger partial charge < -0.3 is 10.1 Å². The second-order valence-electron chi connectivity index (χ2n) is 4.87. The summed E-state index contributed by atoms with van der Waals surface area (Å²) in [4.78, 5) is 0. The van der Waals surface area contributed by atoms with Crippen molar-refractivity contribution in [3.63, 3.8) is 0 Å². The summed E-state index contributed by atoms with van der Waals surface area (Å²) in [5.74, 6) is 0. The maximum Gasteiger partial charge on any atom is 0.0867 e. The smallest absolute Gasteiger partial charge is 0.0867 e. The van der Waals surface area contributed by atoms with Crippen LogP contribution in [0.2, 0.25) is 0 Å². The molecule has 2 heteroatoms. The van der Waals surface area contributed by atoms with E-state index in [0.717, 1.165) is 13.0 Å². The van der Waals surface area contributed by atoms with E-state index in [1.54, 1.807) is 0 Å². The largest absolute Gasteiger partial charge is 0.378 e. The van der Waals surface area contributed by atoms with Crippen LogP contribution in [-0.2, 0) is 4.74 Å². The van der Waals surface area contributed by atoms with E-state index in [-0.39, 0.29) is 6.10 Å². The van der Waals surface area contributed by atoms with Gasteiger partial charge in [0.2, 0.25) is 0 Å². The lowest BCUT2D eigenvalue weighted by Gasteiger charge is -2.33. The van der Waals surface area contributed by atoms with E-state index in [9.17, 15) is 0 Å². The number of para-hydroxylation sites is 1. The van der Waals surface area contributed by atoms with Gasteiger partial charge in [-0.1, -0.05) is 48.5 Å². The number of benzene rings is 2. The van der Waals surface area contributed by atoms with Gasteiger partial charge in [0.15, 0.2) is 0 Å². The highest BCUT2D eigenvalue weighted by Gasteiger charge is 2.27. The van der Waals surface area contributed by atoms with Crippen LogP contribution in [0.4, 0.5) is 5.69 Å². The second-order valence-corrected chi connectivity index (χ2v) is 4.87. The summed E-state index contributed by atoms with van der Waals surface area (Å²) in [5.41, 5.74) is 3.79. The van der Waals surface area contributed by atoms with Crippen LogP contribution in [0.25, 0.3) is 0 Å². The summed E-state index contributed by atoms with van der Waals surface area (Å²) in [6.45, 7) is 2.81. The highest BCUT2D eigenvalue weighted by molar-refractivity contribution is 5.56. The Hall–Kier alpha value is -1.80. The van der Waals surface area contributed by atoms with Gasteiger partial charge in [-0.2, -0.15) is 0 Å². The van der Waals surface area contributed by atoms with Crippen molar-refractivity contribution in [1.82, 2.24) is 0 Å². The van der Waals surface area contributed by atoms with Crippen LogP contribution in [0.1, 0.15) is 36.6 Å². The van der Waals surface area contributed by atoms with Gasteiger partial charge in [-0.05, 0) is 18.6 Å². The van der Waals surface area contributed by atoms with Crippen LogP contribution in [-0.4, -0.2) is 6.61 Å². The molecule has 0 saturated carbocycles. The summed E-state index contributed by atoms with van der Waals surface area (Å²) >= 11 is 0. The van der Waals surface area contributed by atoms with E-state index in [0.29, 0.717) is 6.04 Å². The zero-order valence-electron chi connectivity index (χ0n) is 11.2. The second kappa shape index (κ2) is 5.45. The Labute approximate surface area is 114 Å². The molecule has 0 bridgehead atoms. The first-order valence-corrected chi connectivity index (χ1v) is 6.90. The van der Waals surface area contributed by atoms with Gasteiger partial charge in [-0.3, -0.25) is 0 Å². The molecule has 0 aliphatic carbocycles. The monoisotopic (exact) mass is 253 g/mol. The average Bonchev–Trinajstić information content (AvgIpc) is 2.48. The summed E-state index contributed by atoms with van der Waals surface area (Å²) in [6, 6.07) is 19.4. The van der Waals surface area contributed by atoms with Crippen LogP contribution >= 0.6 is 0 Å². The Morgan fingerprint density at radius 3 is 2.58 bits per heavy atom. The molecular weight excluding hydrogens is 234 g/mol. The molecule has 0 fully saturated rings. The molecule has 1 aliphatic heterocycles. The number of hydrogen-bond acceptors (Lipinski definition) is 2. The van der Waals surface area contributed by atoms with Gasteiger partial charge >= 0.3 is 0 Å². The molecule has 0 unspecified atom stereocenters. The van der Waals surface area contributed by atoms with Crippen molar-refractivity contribution in [3.8, 4) is 0 Å². The first-order chi connectivity index (χ1) is 9.38. The molecule has 0 spiro atoms. The molecular formula is C17H19NO. The molecule has 1 heterocycles. The molecule has 0 radical (unpaired) electrons. The minimum atomic E-state index is 0.188. The molecule has 0 saturated heterocycles. The van der Waals surface area contributed by atoms with Crippen molar-refractivity contribution in [3.05, 3.63) is 65.7 Å². The Bertz CT molecular complexity index is 538. The Balaban J connectivity index is 1.92. The fourth-order valence-electron chi connectivity index (χ4n) is 2.76. The number of rotatable bonds is 3. The van der Waals surface area contributed by atoms with E-state index in [1.807, 2.05) is 0 Å². The number of ether oxygens (including phenoxy) is 1. The molecule has 2 nitrogen and oxygen atoms in total. The zero-order chi connectivity index (χ0) is 13.1. The third-order valence-electron chi connectivity index (χ3n) is 3.66. The van der Waals surface area contributed by atoms with Gasteiger partial charge in [0.25, 0.3) is 0 Å². The highest BCUT2D eigenvalue weighted by atomic mass is 16.5. The Kier molecular flexibility index (Phi) is 3.51. The SMILES string of the molecule is CCO[C@H]1C[C@@H](c2ccccc2)Nc2ccccc21. The van der Waals surface area contributed by atoms with Crippen LogP contribution in [0, 0.1) is 0 Å². The minimum Gasteiger partial charge on any atom is -0.378 e. The van der Waals surface area contributed by atoms with E-state index < -0.39 is 0 Å². The Morgan fingerprint density at radius 1 is 1.05 bits per heavy atom. The Morgan fingerprint density at radius 2 is 1.79 bits per heavy atom. The van der Waals surface area contributed by atoms with E-state index >= 15 is 0 Å². The lowest BCUT2D eigenvalue weighted by Crippen LogP contribution is -2.23. The highest BCUT2D eigenvalue weighted by Crippen LogP contribution is 2.40. The fourth-order valence-corrected chi connectivity index (χ4v) is 2.76. The van der Waals surface area contributed by atoms with Crippen molar-refractivity contribution in [2.24, 2.45) is 0 Å². The van der Waals surface area contributed by atoms with Crippen LogP contribution < -0.4 is 5.32 Å². The van der Waals surface area contributed by atoms with Crippen LogP contribution in [0.3, 0.4) is 0 Å². The van der Waals surface area contributed by atoms with Gasteiger partial charge in [-0.25, -0.2) is 0 Å². The van der Waals surface area contributed by atoms with E-state index in [4.69, 9.17) is 4.74 Å². The van der Waals surface area contributed by atoms with Crippen molar-refractivity contribution in [2.45, 2.75) is 25.5 Å². The molecule has 3 rings (SSSR count). The van der Waals surface area contributed by atoms with Crippen LogP contribution in [0.5, 0.6) is 0 Å². The predicted molar refractivity (Wildman–Crippen MR) is 78.2 cm³/mol. The van der Waals surface area contributed by atoms with Gasteiger partial charge in [0, 0.05) is 24.3 Å². The van der Waals surface area contributed by atoms with Crippen molar-refractivity contribution < 1.29 is 4.74 Å². The van der Waals surface area contributed by atoms with E-state index in [2.05, 4.69) is 66.8 Å². The lowest BCUT2D eigenvalue weighted by atomic mass is 9.91. The molecule has 0 aromatic heterocycles. The van der Waals surface area contributed by atoms with Crippen molar-refractivity contribution in [1.29, 1.82) is 0 Å². The molecule has 98 valence electrons. The molecule has 2 aromatic carbocycles. The molecule has 1 aliphatic rings. The zero-order valence-corrected chi connectivity index (χ0v) is 11.2. The maximum atomic E-state index is 5.92. The van der Waals surface area contributed by atoms with E-state index in [1.165, 1.54) is 16.8 Å². The van der Waals surface area contributed by atoms with Crippen molar-refractivity contribution >= 4 is 5.69 Å². The fraction of sp³-hybridized carbons (Fsp3) is 0.294. The first-order valence-electron chi connectivity index (χ1n) is 6.90. The molecule has 2 atom stereocenters. The van der Waals surface area contributed by atoms with Crippen molar-refractivity contribution in [2.75, 3.05) is 11.9 Å². The minimum absolute atomic E-state index is 0.188. The summed E-state index contributed by atoms with van der Waals surface area (Å²) < 4.78 is 5.92. The molecule has 1 N–H and O–H groups in total. The topological polar surface area (TPSA) is 21.3 Å². The third-order valence-corrected chi connectivity index (χ3v) is 3.66. The summed E-state index contributed by atoms with van der Waals surface area (Å²) in [7, 11) is 0. The first kappa shape index (κ1) is 12.2. The number of nitrogens with one attached hydrogen (secondary N) is 1. The summed E-state index contributed by atoms with van der Waals surface area (Å²) in [6.07, 6.45) is 1.17. The van der Waals surface area contributed by atoms with Gasteiger partial charge in [-0.15, -0.1) is 0 Å². The quantitative estimate of drug-likeness (QED) is 0.879. The molecule has 19 heavy (non-hydrogen) atoms. The number of anilines is 1. The van der Waals surface area contributed by atoms with Gasteiger partial charge in [0.05, 0.1) is 12.1 Å². The molecule has 0 amide bonds.